The van der Waals surface area contributed by atoms with Crippen molar-refractivity contribution in [2.75, 3.05) is 0 Å². The molecule has 0 aromatic heterocycles. The van der Waals surface area contributed by atoms with Crippen molar-refractivity contribution in [2.45, 2.75) is 92.4 Å². The van der Waals surface area contributed by atoms with E-state index in [1.807, 2.05) is 39.8 Å². The lowest BCUT2D eigenvalue weighted by Gasteiger charge is -2.22. The zero-order chi connectivity index (χ0) is 22.1. The third-order valence-corrected chi connectivity index (χ3v) is 4.53. The van der Waals surface area contributed by atoms with Gasteiger partial charge in [-0.3, -0.25) is 0 Å². The number of hydrogen-bond acceptors (Lipinski definition) is 2. The van der Waals surface area contributed by atoms with Crippen LogP contribution in [0.2, 0.25) is 0 Å². The van der Waals surface area contributed by atoms with Crippen molar-refractivity contribution in [3.05, 3.63) is 53.6 Å². The molecule has 160 valence electrons. The quantitative estimate of drug-likeness (QED) is 0.383. The second-order valence-electron chi connectivity index (χ2n) is 6.31. The van der Waals surface area contributed by atoms with Gasteiger partial charge in [0.15, 0.2) is 0 Å². The maximum atomic E-state index is 11.6. The number of benzene rings is 1. The summed E-state index contributed by atoms with van der Waals surface area (Å²) >= 11 is 0. The summed E-state index contributed by atoms with van der Waals surface area (Å²) < 4.78 is 0. The molecule has 1 aromatic rings. The molecule has 0 heterocycles. The van der Waals surface area contributed by atoms with Crippen molar-refractivity contribution in [1.29, 1.82) is 0 Å². The summed E-state index contributed by atoms with van der Waals surface area (Å²) in [5, 5.41) is 20.0. The molecule has 1 aromatic carbocycles. The fourth-order valence-corrected chi connectivity index (χ4v) is 3.32. The van der Waals surface area contributed by atoms with E-state index in [1.165, 1.54) is 5.57 Å². The number of aromatic hydroxyl groups is 1. The zero-order valence-corrected chi connectivity index (χ0v) is 19.0. The van der Waals surface area contributed by atoms with Crippen LogP contribution in [-0.4, -0.2) is 16.2 Å². The first kappa shape index (κ1) is 28.2. The Hall–Kier alpha value is -2.03. The summed E-state index contributed by atoms with van der Waals surface area (Å²) in [7, 11) is 0. The molecule has 3 heteroatoms. The van der Waals surface area contributed by atoms with Crippen LogP contribution in [0.1, 0.15) is 107 Å². The Morgan fingerprint density at radius 2 is 1.75 bits per heavy atom. The van der Waals surface area contributed by atoms with E-state index in [4.69, 9.17) is 0 Å². The second-order valence-corrected chi connectivity index (χ2v) is 6.31. The Labute approximate surface area is 173 Å². The van der Waals surface area contributed by atoms with Gasteiger partial charge in [-0.25, -0.2) is 4.79 Å². The Bertz CT molecular complexity index is 588. The summed E-state index contributed by atoms with van der Waals surface area (Å²) in [6.45, 7) is 18.2. The van der Waals surface area contributed by atoms with E-state index in [1.54, 1.807) is 0 Å². The number of rotatable bonds is 6. The first-order chi connectivity index (χ1) is 13.5. The van der Waals surface area contributed by atoms with E-state index < -0.39 is 5.97 Å². The maximum Gasteiger partial charge on any atom is 0.339 e. The highest BCUT2D eigenvalue weighted by Crippen LogP contribution is 2.38. The van der Waals surface area contributed by atoms with E-state index in [0.29, 0.717) is 6.42 Å². The summed E-state index contributed by atoms with van der Waals surface area (Å²) in [4.78, 5) is 11.6. The van der Waals surface area contributed by atoms with Gasteiger partial charge in [-0.05, 0) is 44.6 Å². The van der Waals surface area contributed by atoms with Gasteiger partial charge in [0.2, 0.25) is 0 Å². The summed E-state index contributed by atoms with van der Waals surface area (Å²) in [5.74, 6) is -0.920. The van der Waals surface area contributed by atoms with Crippen LogP contribution >= 0.6 is 0 Å². The average Bonchev–Trinajstić information content (AvgIpc) is 2.72. The Kier molecular flexibility index (Phi) is 17.2. The van der Waals surface area contributed by atoms with Gasteiger partial charge in [0, 0.05) is 11.5 Å². The fraction of sp³-hybridized carbons (Fsp3) is 0.560. The van der Waals surface area contributed by atoms with Gasteiger partial charge < -0.3 is 10.2 Å². The van der Waals surface area contributed by atoms with Crippen LogP contribution in [0.15, 0.2) is 36.9 Å². The van der Waals surface area contributed by atoms with Gasteiger partial charge in [-0.1, -0.05) is 71.2 Å². The van der Waals surface area contributed by atoms with Crippen LogP contribution in [0, 0.1) is 0 Å². The lowest BCUT2D eigenvalue weighted by Crippen LogP contribution is -2.08. The van der Waals surface area contributed by atoms with E-state index >= 15 is 0 Å². The number of carboxylic acids is 1. The van der Waals surface area contributed by atoms with Crippen molar-refractivity contribution >= 4 is 5.97 Å². The number of carbonyl (C=O) groups is 1. The molecule has 0 spiro atoms. The highest BCUT2D eigenvalue weighted by molar-refractivity contribution is 5.93. The van der Waals surface area contributed by atoms with Crippen LogP contribution in [0.5, 0.6) is 5.75 Å². The van der Waals surface area contributed by atoms with Gasteiger partial charge in [-0.15, -0.1) is 13.2 Å². The van der Waals surface area contributed by atoms with Gasteiger partial charge in [0.1, 0.15) is 11.3 Å². The zero-order valence-electron chi connectivity index (χ0n) is 19.0. The first-order valence-corrected chi connectivity index (χ1v) is 10.8. The molecule has 0 saturated heterocycles. The smallest absolute Gasteiger partial charge is 0.339 e. The van der Waals surface area contributed by atoms with Gasteiger partial charge in [0.25, 0.3) is 0 Å². The molecule has 0 aliphatic heterocycles. The van der Waals surface area contributed by atoms with Crippen molar-refractivity contribution in [3.63, 3.8) is 0 Å². The van der Waals surface area contributed by atoms with Crippen LogP contribution in [0.3, 0.4) is 0 Å². The van der Waals surface area contributed by atoms with E-state index in [-0.39, 0.29) is 17.2 Å². The number of phenols is 1. The molecule has 0 unspecified atom stereocenters. The molecule has 0 radical (unpaired) electrons. The normalized spacial score (nSPS) is 14.8. The molecule has 0 fully saturated rings. The van der Waals surface area contributed by atoms with E-state index in [2.05, 4.69) is 33.1 Å². The molecule has 1 aliphatic rings. The predicted octanol–water partition coefficient (Wildman–Crippen LogP) is 7.89. The largest absolute Gasteiger partial charge is 0.507 e. The summed E-state index contributed by atoms with van der Waals surface area (Å²) in [6, 6.07) is 3.81. The molecule has 1 atom stereocenters. The number of unbranched alkanes of at least 4 members (excludes halogenated alkanes) is 2. The molecule has 1 aliphatic carbocycles. The molecule has 28 heavy (non-hydrogen) atoms. The second kappa shape index (κ2) is 17.1. The molecule has 2 rings (SSSR count). The predicted molar refractivity (Wildman–Crippen MR) is 123 cm³/mol. The monoisotopic (exact) mass is 390 g/mol. The van der Waals surface area contributed by atoms with Crippen molar-refractivity contribution in [2.24, 2.45) is 0 Å². The Morgan fingerprint density at radius 3 is 2.25 bits per heavy atom. The van der Waals surface area contributed by atoms with Gasteiger partial charge in [0.05, 0.1) is 0 Å². The topological polar surface area (TPSA) is 57.5 Å². The molecular weight excluding hydrogens is 348 g/mol. The third-order valence-electron chi connectivity index (χ3n) is 4.53. The number of aryl methyl sites for hydroxylation is 1. The Morgan fingerprint density at radius 1 is 1.14 bits per heavy atom. The summed E-state index contributed by atoms with van der Waals surface area (Å²) in [6.07, 6.45) is 9.16. The lowest BCUT2D eigenvalue weighted by molar-refractivity contribution is 0.0692. The lowest BCUT2D eigenvalue weighted by atomic mass is 9.84. The number of aromatic carboxylic acids is 1. The molecule has 3 nitrogen and oxygen atoms in total. The minimum atomic E-state index is -1.03. The molecule has 0 amide bonds. The minimum Gasteiger partial charge on any atom is -0.507 e. The first-order valence-electron chi connectivity index (χ1n) is 10.8. The van der Waals surface area contributed by atoms with E-state index in [9.17, 15) is 15.0 Å². The number of carboxylic acid groups (broad SMARTS) is 1. The molecular formula is C25H42O3. The summed E-state index contributed by atoms with van der Waals surface area (Å²) in [5.41, 5.74) is 2.93. The highest BCUT2D eigenvalue weighted by atomic mass is 16.4. The highest BCUT2D eigenvalue weighted by Gasteiger charge is 2.23. The Balaban J connectivity index is 0. The maximum absolute atomic E-state index is 11.6. The molecule has 0 bridgehead atoms. The van der Waals surface area contributed by atoms with Crippen molar-refractivity contribution in [3.8, 4) is 5.75 Å². The third kappa shape index (κ3) is 8.77. The van der Waals surface area contributed by atoms with Gasteiger partial charge >= 0.3 is 5.97 Å². The molecule has 2 N–H and O–H groups in total. The standard InChI is InChI=1S/C19H26O3.2C2H6.C2H4/c1-3-4-5-8-14-10-11-16(18(20)17(14)19(21)22)15-9-6-7-13(2)12-15;3*1-2/h10-12,15,20H,3-9H2,1-2H3,(H,21,22);2*1-2H3;1-2H2/t15-;;;/m0.../s1. The molecule has 0 saturated carbocycles. The van der Waals surface area contributed by atoms with Crippen molar-refractivity contribution < 1.29 is 15.0 Å². The van der Waals surface area contributed by atoms with Crippen LogP contribution in [0.25, 0.3) is 0 Å². The number of hydrogen-bond donors (Lipinski definition) is 2. The fourth-order valence-electron chi connectivity index (χ4n) is 3.32. The van der Waals surface area contributed by atoms with Crippen molar-refractivity contribution in [1.82, 2.24) is 0 Å². The van der Waals surface area contributed by atoms with Crippen LogP contribution in [0.4, 0.5) is 0 Å². The average molecular weight is 391 g/mol. The van der Waals surface area contributed by atoms with E-state index in [0.717, 1.165) is 49.7 Å². The SMILES string of the molecule is C=C.CC.CC.CCCCCc1ccc([C@@H]2C=C(C)CCC2)c(O)c1C(=O)O. The van der Waals surface area contributed by atoms with Gasteiger partial charge in [-0.2, -0.15) is 0 Å². The van der Waals surface area contributed by atoms with Crippen LogP contribution < -0.4 is 0 Å². The van der Waals surface area contributed by atoms with Crippen LogP contribution in [-0.2, 0) is 6.42 Å². The number of allylic oxidation sites excluding steroid dienone is 2. The minimum absolute atomic E-state index is 0.0301.